The van der Waals surface area contributed by atoms with Gasteiger partial charge in [0.05, 0.1) is 48.6 Å². The Labute approximate surface area is 206 Å². The number of carbonyl (C=O) groups excluding carboxylic acids is 1. The van der Waals surface area contributed by atoms with Crippen LogP contribution in [0.2, 0.25) is 0 Å². The van der Waals surface area contributed by atoms with Crippen molar-refractivity contribution in [1.29, 1.82) is 0 Å². The van der Waals surface area contributed by atoms with Gasteiger partial charge in [0.15, 0.2) is 6.29 Å². The number of amides is 1. The molecule has 196 valence electrons. The molecule has 1 amide bonds. The quantitative estimate of drug-likeness (QED) is 0.491. The van der Waals surface area contributed by atoms with E-state index < -0.39 is 36.0 Å². The molecule has 2 saturated heterocycles. The molecule has 2 N–H and O–H groups in total. The molecule has 2 fully saturated rings. The Morgan fingerprint density at radius 1 is 1.14 bits per heavy atom. The molecule has 0 unspecified atom stereocenters. The highest BCUT2D eigenvalue weighted by molar-refractivity contribution is 5.78. The minimum atomic E-state index is -2.94. The maximum absolute atomic E-state index is 14.8. The fourth-order valence-corrected chi connectivity index (χ4v) is 4.14. The van der Waals surface area contributed by atoms with E-state index in [4.69, 9.17) is 19.0 Å². The average molecular weight is 511 g/mol. The standard InChI is InChI=1S/C24H29F3N4O5/c1-13(16-4-3-5-17(21(16)25)22(26)27)28-23-20(24-34-10-11-35-24)18(29-14(2)30-23)12-19(32)31-36-15-6-8-33-9-7-15/h3-5,13,15,22,24H,6-12H2,1-2H3,(H,31,32)(H,28,29,30)/t13-/m1/s1. The normalized spacial score (nSPS) is 17.9. The van der Waals surface area contributed by atoms with Crippen LogP contribution in [0.1, 0.15) is 66.7 Å². The van der Waals surface area contributed by atoms with Crippen LogP contribution in [-0.2, 0) is 30.3 Å². The zero-order valence-corrected chi connectivity index (χ0v) is 20.1. The Kier molecular flexibility index (Phi) is 8.72. The number of benzene rings is 1. The van der Waals surface area contributed by atoms with Gasteiger partial charge >= 0.3 is 0 Å². The fraction of sp³-hybridized carbons (Fsp3) is 0.542. The van der Waals surface area contributed by atoms with E-state index in [0.717, 1.165) is 6.07 Å². The van der Waals surface area contributed by atoms with Crippen molar-refractivity contribution in [3.8, 4) is 0 Å². The van der Waals surface area contributed by atoms with Gasteiger partial charge in [-0.1, -0.05) is 18.2 Å². The number of hydroxylamine groups is 1. The Morgan fingerprint density at radius 2 is 1.83 bits per heavy atom. The van der Waals surface area contributed by atoms with Gasteiger partial charge in [-0.2, -0.15) is 0 Å². The van der Waals surface area contributed by atoms with Gasteiger partial charge in [-0.15, -0.1) is 0 Å². The van der Waals surface area contributed by atoms with Crippen LogP contribution in [0.15, 0.2) is 18.2 Å². The molecule has 9 nitrogen and oxygen atoms in total. The number of anilines is 1. The van der Waals surface area contributed by atoms with Crippen LogP contribution >= 0.6 is 0 Å². The predicted molar refractivity (Wildman–Crippen MR) is 122 cm³/mol. The summed E-state index contributed by atoms with van der Waals surface area (Å²) in [5, 5.41) is 3.08. The smallest absolute Gasteiger partial charge is 0.266 e. The highest BCUT2D eigenvalue weighted by atomic mass is 19.3. The van der Waals surface area contributed by atoms with Crippen LogP contribution in [0, 0.1) is 12.7 Å². The van der Waals surface area contributed by atoms with Crippen molar-refractivity contribution in [1.82, 2.24) is 15.4 Å². The third-order valence-electron chi connectivity index (χ3n) is 5.94. The average Bonchev–Trinajstić information content (AvgIpc) is 3.37. The predicted octanol–water partition coefficient (Wildman–Crippen LogP) is 3.85. The molecule has 2 aliphatic heterocycles. The SMILES string of the molecule is Cc1nc(CC(=O)NOC2CCOCC2)c(C2OCCO2)c(N[C@H](C)c2cccc(C(F)F)c2F)n1. The number of hydrogen-bond donors (Lipinski definition) is 2. The fourth-order valence-electron chi connectivity index (χ4n) is 4.14. The molecule has 3 heterocycles. The monoisotopic (exact) mass is 510 g/mol. The van der Waals surface area contributed by atoms with Gasteiger partial charge < -0.3 is 19.5 Å². The Balaban J connectivity index is 1.57. The summed E-state index contributed by atoms with van der Waals surface area (Å²) in [6.07, 6.45) is -2.72. The number of alkyl halides is 2. The van der Waals surface area contributed by atoms with Crippen LogP contribution in [0.4, 0.5) is 19.0 Å². The summed E-state index contributed by atoms with van der Waals surface area (Å²) in [4.78, 5) is 27.0. The molecule has 2 aromatic rings. The summed E-state index contributed by atoms with van der Waals surface area (Å²) >= 11 is 0. The highest BCUT2D eigenvalue weighted by Crippen LogP contribution is 2.34. The minimum absolute atomic E-state index is 0.0485. The van der Waals surface area contributed by atoms with Gasteiger partial charge in [0, 0.05) is 18.8 Å². The number of aromatic nitrogens is 2. The lowest BCUT2D eigenvalue weighted by molar-refractivity contribution is -0.143. The molecule has 1 aromatic carbocycles. The molecule has 0 radical (unpaired) electrons. The number of hydrogen-bond acceptors (Lipinski definition) is 8. The van der Waals surface area contributed by atoms with Gasteiger partial charge in [0.1, 0.15) is 17.5 Å². The number of rotatable bonds is 9. The summed E-state index contributed by atoms with van der Waals surface area (Å²) < 4.78 is 57.8. The third kappa shape index (κ3) is 6.30. The van der Waals surface area contributed by atoms with E-state index in [1.54, 1.807) is 13.8 Å². The van der Waals surface area contributed by atoms with E-state index in [9.17, 15) is 18.0 Å². The van der Waals surface area contributed by atoms with E-state index in [1.807, 2.05) is 0 Å². The highest BCUT2D eigenvalue weighted by Gasteiger charge is 2.30. The number of ether oxygens (including phenoxy) is 3. The van der Waals surface area contributed by atoms with E-state index in [2.05, 4.69) is 20.8 Å². The first-order chi connectivity index (χ1) is 17.3. The number of aryl methyl sites for hydroxylation is 1. The summed E-state index contributed by atoms with van der Waals surface area (Å²) in [6.45, 7) is 5.07. The molecule has 2 aliphatic rings. The maximum atomic E-state index is 14.8. The van der Waals surface area contributed by atoms with E-state index in [-0.39, 0.29) is 23.9 Å². The Bertz CT molecular complexity index is 1060. The lowest BCUT2D eigenvalue weighted by atomic mass is 10.0. The molecular weight excluding hydrogens is 481 g/mol. The van der Waals surface area contributed by atoms with Crippen LogP contribution < -0.4 is 10.8 Å². The zero-order chi connectivity index (χ0) is 25.7. The lowest BCUT2D eigenvalue weighted by Gasteiger charge is -2.23. The molecule has 4 rings (SSSR count). The number of nitrogens with zero attached hydrogens (tertiary/aromatic N) is 2. The molecule has 1 aromatic heterocycles. The first kappa shape index (κ1) is 26.3. The number of nitrogens with one attached hydrogen (secondary N) is 2. The van der Waals surface area contributed by atoms with Crippen LogP contribution in [0.3, 0.4) is 0 Å². The third-order valence-corrected chi connectivity index (χ3v) is 5.94. The van der Waals surface area contributed by atoms with Gasteiger partial charge in [-0.05, 0) is 26.7 Å². The first-order valence-electron chi connectivity index (χ1n) is 11.8. The second-order valence-corrected chi connectivity index (χ2v) is 8.60. The topological polar surface area (TPSA) is 104 Å². The molecule has 0 aliphatic carbocycles. The number of carbonyl (C=O) groups is 1. The molecule has 0 spiro atoms. The summed E-state index contributed by atoms with van der Waals surface area (Å²) in [5.41, 5.74) is 2.58. The minimum Gasteiger partial charge on any atom is -0.381 e. The molecule has 0 bridgehead atoms. The van der Waals surface area contributed by atoms with Gasteiger partial charge in [0.25, 0.3) is 6.43 Å². The Morgan fingerprint density at radius 3 is 2.53 bits per heavy atom. The van der Waals surface area contributed by atoms with Crippen molar-refractivity contribution in [3.63, 3.8) is 0 Å². The molecule has 12 heteroatoms. The second-order valence-electron chi connectivity index (χ2n) is 8.60. The van der Waals surface area contributed by atoms with Crippen LogP contribution in [0.5, 0.6) is 0 Å². The van der Waals surface area contributed by atoms with Gasteiger partial charge in [-0.25, -0.2) is 28.6 Å². The molecule has 1 atom stereocenters. The van der Waals surface area contributed by atoms with Crippen LogP contribution in [0.25, 0.3) is 0 Å². The molecule has 0 saturated carbocycles. The lowest BCUT2D eigenvalue weighted by Crippen LogP contribution is -2.34. The summed E-state index contributed by atoms with van der Waals surface area (Å²) in [7, 11) is 0. The number of halogens is 3. The first-order valence-corrected chi connectivity index (χ1v) is 11.8. The molecular formula is C24H29F3N4O5. The second kappa shape index (κ2) is 12.0. The van der Waals surface area contributed by atoms with Crippen molar-refractivity contribution >= 4 is 11.7 Å². The Hall–Kier alpha value is -2.80. The largest absolute Gasteiger partial charge is 0.381 e. The van der Waals surface area contributed by atoms with Crippen molar-refractivity contribution in [3.05, 3.63) is 52.2 Å². The van der Waals surface area contributed by atoms with Crippen molar-refractivity contribution in [2.24, 2.45) is 0 Å². The maximum Gasteiger partial charge on any atom is 0.266 e. The van der Waals surface area contributed by atoms with Crippen molar-refractivity contribution < 1.29 is 37.0 Å². The van der Waals surface area contributed by atoms with E-state index in [1.165, 1.54) is 12.1 Å². The summed E-state index contributed by atoms with van der Waals surface area (Å²) in [5.74, 6) is -0.801. The zero-order valence-electron chi connectivity index (χ0n) is 20.1. The van der Waals surface area contributed by atoms with Crippen LogP contribution in [-0.4, -0.2) is 48.4 Å². The van der Waals surface area contributed by atoms with E-state index in [0.29, 0.717) is 56.4 Å². The summed E-state index contributed by atoms with van der Waals surface area (Å²) in [6, 6.07) is 3.12. The van der Waals surface area contributed by atoms with Gasteiger partial charge in [0.2, 0.25) is 5.91 Å². The van der Waals surface area contributed by atoms with Crippen molar-refractivity contribution in [2.45, 2.75) is 58.0 Å². The molecule has 36 heavy (non-hydrogen) atoms. The van der Waals surface area contributed by atoms with Crippen molar-refractivity contribution in [2.75, 3.05) is 31.7 Å². The van der Waals surface area contributed by atoms with Gasteiger partial charge in [-0.3, -0.25) is 9.63 Å². The van der Waals surface area contributed by atoms with E-state index >= 15 is 0 Å².